The van der Waals surface area contributed by atoms with Crippen molar-refractivity contribution in [2.24, 2.45) is 17.8 Å². The predicted molar refractivity (Wildman–Crippen MR) is 124 cm³/mol. The number of hydrogen-bond donors (Lipinski definition) is 2. The summed E-state index contributed by atoms with van der Waals surface area (Å²) < 4.78 is 1.15. The van der Waals surface area contributed by atoms with Crippen molar-refractivity contribution in [2.45, 2.75) is 60.1 Å². The fraction of sp³-hybridized carbons (Fsp3) is 0.478. The van der Waals surface area contributed by atoms with Gasteiger partial charge in [0.2, 0.25) is 0 Å². The van der Waals surface area contributed by atoms with Gasteiger partial charge in [0.15, 0.2) is 0 Å². The Morgan fingerprint density at radius 3 is 2.87 bits per heavy atom. The van der Waals surface area contributed by atoms with Gasteiger partial charge in [0, 0.05) is 22.7 Å². The smallest absolute Gasteiger partial charge is 0.303 e. The van der Waals surface area contributed by atoms with Gasteiger partial charge in [0.25, 0.3) is 5.91 Å². The molecule has 2 aromatic heterocycles. The van der Waals surface area contributed by atoms with Crippen LogP contribution in [0, 0.1) is 17.8 Å². The van der Waals surface area contributed by atoms with Gasteiger partial charge in [-0.15, -0.1) is 11.3 Å². The van der Waals surface area contributed by atoms with Crippen molar-refractivity contribution in [1.82, 2.24) is 5.32 Å². The van der Waals surface area contributed by atoms with Crippen molar-refractivity contribution in [2.75, 3.05) is 0 Å². The molecule has 2 N–H and O–H groups in total. The van der Waals surface area contributed by atoms with Gasteiger partial charge in [0.1, 0.15) is 0 Å². The molecule has 0 aromatic carbocycles. The molecule has 0 aliphatic heterocycles. The molecule has 2 aliphatic carbocycles. The highest BCUT2D eigenvalue weighted by molar-refractivity contribution is 8.01. The summed E-state index contributed by atoms with van der Waals surface area (Å²) in [5.41, 5.74) is 0. The van der Waals surface area contributed by atoms with E-state index in [-0.39, 0.29) is 18.4 Å². The first-order valence-corrected chi connectivity index (χ1v) is 13.2. The standard InChI is InChI=1S/C23H27NO3S3/c25-20(26)6-4-2-1-3-5-18-15-7-8-16(13-15)22(18)24-23(27)19-9-10-21(30-19)29-17-11-12-28-14-17/h1,3,9-12,14-16,18,22H,2,4-8,13H2,(H,24,27)(H,25,26)/b3-1+. The van der Waals surface area contributed by atoms with Crippen molar-refractivity contribution in [3.63, 3.8) is 0 Å². The average molecular weight is 462 g/mol. The van der Waals surface area contributed by atoms with Crippen LogP contribution in [0.4, 0.5) is 0 Å². The van der Waals surface area contributed by atoms with E-state index in [0.717, 1.165) is 21.9 Å². The van der Waals surface area contributed by atoms with E-state index in [0.29, 0.717) is 24.2 Å². The lowest BCUT2D eigenvalue weighted by molar-refractivity contribution is -0.137. The molecule has 4 unspecified atom stereocenters. The third-order valence-electron chi connectivity index (χ3n) is 6.24. The number of hydrogen-bond acceptors (Lipinski definition) is 5. The SMILES string of the molecule is O=C(O)CCC/C=C/CC1C2CCC(C2)C1NC(=O)c1ccc(Sc2ccsc2)s1. The van der Waals surface area contributed by atoms with E-state index in [1.165, 1.54) is 24.2 Å². The maximum absolute atomic E-state index is 12.9. The van der Waals surface area contributed by atoms with E-state index in [1.54, 1.807) is 34.4 Å². The molecule has 4 atom stereocenters. The fourth-order valence-electron chi connectivity index (χ4n) is 4.86. The Morgan fingerprint density at radius 1 is 1.20 bits per heavy atom. The number of carboxylic acids is 1. The molecule has 0 saturated heterocycles. The van der Waals surface area contributed by atoms with Gasteiger partial charge in [-0.05, 0) is 79.9 Å². The lowest BCUT2D eigenvalue weighted by Crippen LogP contribution is -2.43. The summed E-state index contributed by atoms with van der Waals surface area (Å²) in [6.45, 7) is 0. The minimum absolute atomic E-state index is 0.0603. The third kappa shape index (κ3) is 5.37. The molecule has 0 radical (unpaired) electrons. The Labute approximate surface area is 189 Å². The van der Waals surface area contributed by atoms with Gasteiger partial charge in [-0.3, -0.25) is 9.59 Å². The first kappa shape index (κ1) is 21.7. The molecule has 2 bridgehead atoms. The normalized spacial score (nSPS) is 25.2. The van der Waals surface area contributed by atoms with Gasteiger partial charge in [-0.1, -0.05) is 23.9 Å². The van der Waals surface area contributed by atoms with E-state index in [2.05, 4.69) is 34.3 Å². The Balaban J connectivity index is 1.32. The number of carbonyl (C=O) groups excluding carboxylic acids is 1. The molecular weight excluding hydrogens is 434 g/mol. The quantitative estimate of drug-likeness (QED) is 0.321. The number of carbonyl (C=O) groups is 2. The molecule has 2 fully saturated rings. The van der Waals surface area contributed by atoms with Crippen LogP contribution in [0.25, 0.3) is 0 Å². The molecule has 2 saturated carbocycles. The highest BCUT2D eigenvalue weighted by Crippen LogP contribution is 2.50. The molecule has 0 spiro atoms. The number of nitrogens with one attached hydrogen (secondary N) is 1. The number of aliphatic carboxylic acids is 1. The van der Waals surface area contributed by atoms with Crippen molar-refractivity contribution in [1.29, 1.82) is 0 Å². The average Bonchev–Trinajstić information content (AvgIpc) is 3.50. The van der Waals surface area contributed by atoms with Gasteiger partial charge >= 0.3 is 5.97 Å². The van der Waals surface area contributed by atoms with E-state index in [1.807, 2.05) is 12.1 Å². The van der Waals surface area contributed by atoms with Gasteiger partial charge in [-0.25, -0.2) is 0 Å². The van der Waals surface area contributed by atoms with Gasteiger partial charge < -0.3 is 10.4 Å². The van der Waals surface area contributed by atoms with E-state index >= 15 is 0 Å². The number of allylic oxidation sites excluding steroid dienone is 2. The number of rotatable bonds is 10. The highest BCUT2D eigenvalue weighted by Gasteiger charge is 2.47. The van der Waals surface area contributed by atoms with Crippen LogP contribution in [0.1, 0.15) is 54.6 Å². The maximum Gasteiger partial charge on any atom is 0.303 e. The topological polar surface area (TPSA) is 66.4 Å². The maximum atomic E-state index is 12.9. The van der Waals surface area contributed by atoms with Crippen molar-refractivity contribution < 1.29 is 14.7 Å². The van der Waals surface area contributed by atoms with Crippen LogP contribution in [0.3, 0.4) is 0 Å². The minimum Gasteiger partial charge on any atom is -0.481 e. The Morgan fingerprint density at radius 2 is 2.07 bits per heavy atom. The summed E-state index contributed by atoms with van der Waals surface area (Å²) in [7, 11) is 0. The van der Waals surface area contributed by atoms with Crippen molar-refractivity contribution in [3.8, 4) is 0 Å². The summed E-state index contributed by atoms with van der Waals surface area (Å²) in [5.74, 6) is 1.14. The molecule has 160 valence electrons. The largest absolute Gasteiger partial charge is 0.481 e. The highest BCUT2D eigenvalue weighted by atomic mass is 32.2. The molecule has 30 heavy (non-hydrogen) atoms. The van der Waals surface area contributed by atoms with Gasteiger partial charge in [0.05, 0.1) is 9.09 Å². The molecule has 1 amide bonds. The fourth-order valence-corrected chi connectivity index (χ4v) is 7.69. The second-order valence-electron chi connectivity index (χ2n) is 8.17. The zero-order chi connectivity index (χ0) is 20.9. The van der Waals surface area contributed by atoms with E-state index < -0.39 is 5.97 Å². The summed E-state index contributed by atoms with van der Waals surface area (Å²) in [6, 6.07) is 6.35. The number of carboxylic acid groups (broad SMARTS) is 1. The van der Waals surface area contributed by atoms with Crippen LogP contribution in [-0.2, 0) is 4.79 Å². The first-order valence-electron chi connectivity index (χ1n) is 10.6. The van der Waals surface area contributed by atoms with Crippen molar-refractivity contribution >= 4 is 46.3 Å². The molecule has 2 aromatic rings. The number of thiophene rings is 2. The molecule has 4 nitrogen and oxygen atoms in total. The van der Waals surface area contributed by atoms with E-state index in [4.69, 9.17) is 5.11 Å². The van der Waals surface area contributed by atoms with Crippen LogP contribution >= 0.6 is 34.4 Å². The molecule has 4 rings (SSSR count). The lowest BCUT2D eigenvalue weighted by Gasteiger charge is -2.31. The molecule has 7 heteroatoms. The summed E-state index contributed by atoms with van der Waals surface area (Å²) >= 11 is 4.96. The Hall–Kier alpha value is -1.57. The second kappa shape index (κ2) is 10.2. The van der Waals surface area contributed by atoms with Crippen molar-refractivity contribution in [3.05, 3.63) is 46.0 Å². The minimum atomic E-state index is -0.732. The molecule has 2 heterocycles. The Kier molecular flexibility index (Phi) is 7.33. The van der Waals surface area contributed by atoms with E-state index in [9.17, 15) is 9.59 Å². The molecular formula is C23H27NO3S3. The zero-order valence-electron chi connectivity index (χ0n) is 16.8. The van der Waals surface area contributed by atoms with Crippen LogP contribution in [0.2, 0.25) is 0 Å². The first-order chi connectivity index (χ1) is 14.6. The summed E-state index contributed by atoms with van der Waals surface area (Å²) in [4.78, 5) is 25.6. The lowest BCUT2D eigenvalue weighted by atomic mass is 9.82. The van der Waals surface area contributed by atoms with Crippen LogP contribution < -0.4 is 5.32 Å². The van der Waals surface area contributed by atoms with Crippen LogP contribution in [0.15, 0.2) is 50.2 Å². The number of unbranched alkanes of at least 4 members (excludes halogenated alkanes) is 1. The third-order valence-corrected chi connectivity index (χ3v) is 9.28. The molecule has 2 aliphatic rings. The Bertz CT molecular complexity index is 889. The second-order valence-corrected chi connectivity index (χ2v) is 11.4. The summed E-state index contributed by atoms with van der Waals surface area (Å²) in [5, 5.41) is 16.3. The predicted octanol–water partition coefficient (Wildman–Crippen LogP) is 6.31. The van der Waals surface area contributed by atoms with Gasteiger partial charge in [-0.2, -0.15) is 11.3 Å². The number of fused-ring (bicyclic) bond motifs is 2. The van der Waals surface area contributed by atoms with Crippen LogP contribution in [-0.4, -0.2) is 23.0 Å². The zero-order valence-corrected chi connectivity index (χ0v) is 19.2. The monoisotopic (exact) mass is 461 g/mol. The van der Waals surface area contributed by atoms with Crippen LogP contribution in [0.5, 0.6) is 0 Å². The summed E-state index contributed by atoms with van der Waals surface area (Å²) in [6.07, 6.45) is 10.7. The number of amides is 1.